The number of aromatic nitrogens is 2. The Kier molecular flexibility index (Phi) is 4.86. The number of aryl methyl sites for hydroxylation is 1. The highest BCUT2D eigenvalue weighted by molar-refractivity contribution is 7.89. The lowest BCUT2D eigenvalue weighted by Crippen LogP contribution is -2.49. The molecular weight excluding hydrogens is 316 g/mol. The molecule has 1 aromatic heterocycles. The fourth-order valence-electron chi connectivity index (χ4n) is 3.31. The predicted octanol–water partition coefficient (Wildman–Crippen LogP) is 0.318. The first-order valence-corrected chi connectivity index (χ1v) is 9.37. The minimum atomic E-state index is -3.54. The van der Waals surface area contributed by atoms with Crippen molar-refractivity contribution in [3.8, 4) is 0 Å². The van der Waals surface area contributed by atoms with Crippen LogP contribution in [0.3, 0.4) is 0 Å². The van der Waals surface area contributed by atoms with E-state index in [-0.39, 0.29) is 11.1 Å². The van der Waals surface area contributed by atoms with Gasteiger partial charge in [-0.3, -0.25) is 4.90 Å². The summed E-state index contributed by atoms with van der Waals surface area (Å²) in [5.41, 5.74) is 0. The second kappa shape index (κ2) is 6.72. The molecule has 0 aliphatic carbocycles. The van der Waals surface area contributed by atoms with Gasteiger partial charge in [0.05, 0.1) is 19.0 Å². The van der Waals surface area contributed by atoms with E-state index >= 15 is 0 Å². The summed E-state index contributed by atoms with van der Waals surface area (Å²) in [7, 11) is -1.77. The summed E-state index contributed by atoms with van der Waals surface area (Å²) in [5.74, 6) is 0.368. The van der Waals surface area contributed by atoms with Gasteiger partial charge in [0, 0.05) is 51.9 Å². The van der Waals surface area contributed by atoms with Crippen LogP contribution in [-0.4, -0.2) is 72.6 Å². The van der Waals surface area contributed by atoms with Gasteiger partial charge in [0.25, 0.3) is 10.0 Å². The summed E-state index contributed by atoms with van der Waals surface area (Å²) in [6.45, 7) is 8.00. The van der Waals surface area contributed by atoms with Crippen molar-refractivity contribution < 1.29 is 13.2 Å². The van der Waals surface area contributed by atoms with E-state index in [0.29, 0.717) is 25.6 Å². The molecule has 2 aliphatic heterocycles. The fraction of sp³-hybridized carbons (Fsp3) is 0.667. The molecule has 2 atom stereocenters. The number of sulfonamides is 1. The standard InChI is InChI=1S/C15H24N4O3S/c1-3-5-18-7-8-22-14-10-19(6-4-13(14)9-18)23(20,21)15-11-17(2)12-16-15/h3,11-14H,1,4-10H2,2H3/t13-,14+/m1/s1. The topological polar surface area (TPSA) is 67.7 Å². The quantitative estimate of drug-likeness (QED) is 0.739. The van der Waals surface area contributed by atoms with Gasteiger partial charge in [0.15, 0.2) is 5.03 Å². The van der Waals surface area contributed by atoms with Gasteiger partial charge in [-0.25, -0.2) is 13.4 Å². The van der Waals surface area contributed by atoms with Gasteiger partial charge in [0.2, 0.25) is 0 Å². The molecule has 23 heavy (non-hydrogen) atoms. The molecule has 0 aromatic carbocycles. The zero-order chi connectivity index (χ0) is 16.4. The second-order valence-electron chi connectivity index (χ2n) is 6.25. The Balaban J connectivity index is 1.71. The van der Waals surface area contributed by atoms with Crippen molar-refractivity contribution in [3.63, 3.8) is 0 Å². The molecule has 2 aliphatic rings. The van der Waals surface area contributed by atoms with Crippen LogP contribution < -0.4 is 0 Å². The maximum atomic E-state index is 12.7. The molecule has 0 N–H and O–H groups in total. The van der Waals surface area contributed by atoms with Gasteiger partial charge >= 0.3 is 0 Å². The van der Waals surface area contributed by atoms with Gasteiger partial charge in [-0.15, -0.1) is 6.58 Å². The molecule has 7 nitrogen and oxygen atoms in total. The van der Waals surface area contributed by atoms with E-state index in [1.165, 1.54) is 10.6 Å². The lowest BCUT2D eigenvalue weighted by atomic mass is 9.94. The Hall–Kier alpha value is -1.22. The average Bonchev–Trinajstić information content (AvgIpc) is 2.86. The molecule has 2 fully saturated rings. The Morgan fingerprint density at radius 3 is 2.96 bits per heavy atom. The lowest BCUT2D eigenvalue weighted by molar-refractivity contribution is -0.00193. The highest BCUT2D eigenvalue weighted by Gasteiger charge is 2.38. The molecule has 3 heterocycles. The number of hydrogen-bond donors (Lipinski definition) is 0. The summed E-state index contributed by atoms with van der Waals surface area (Å²) < 4.78 is 34.5. The minimum Gasteiger partial charge on any atom is -0.375 e. The Morgan fingerprint density at radius 2 is 2.26 bits per heavy atom. The number of fused-ring (bicyclic) bond motifs is 1. The van der Waals surface area contributed by atoms with E-state index in [9.17, 15) is 8.42 Å². The van der Waals surface area contributed by atoms with Crippen LogP contribution in [0.1, 0.15) is 6.42 Å². The molecule has 0 spiro atoms. The van der Waals surface area contributed by atoms with Gasteiger partial charge < -0.3 is 9.30 Å². The summed E-state index contributed by atoms with van der Waals surface area (Å²) in [6.07, 6.45) is 5.72. The van der Waals surface area contributed by atoms with Crippen molar-refractivity contribution in [3.05, 3.63) is 25.2 Å². The van der Waals surface area contributed by atoms with Crippen LogP contribution in [0.5, 0.6) is 0 Å². The molecule has 0 saturated carbocycles. The summed E-state index contributed by atoms with van der Waals surface area (Å²) in [5, 5.41) is 0.111. The minimum absolute atomic E-state index is 0.0444. The van der Waals surface area contributed by atoms with Gasteiger partial charge in [0.1, 0.15) is 0 Å². The molecule has 0 bridgehead atoms. The number of imidazole rings is 1. The third-order valence-electron chi connectivity index (χ3n) is 4.56. The van der Waals surface area contributed by atoms with Gasteiger partial charge in [-0.2, -0.15) is 4.31 Å². The maximum absolute atomic E-state index is 12.7. The molecule has 0 unspecified atom stereocenters. The largest absolute Gasteiger partial charge is 0.375 e. The molecule has 8 heteroatoms. The normalized spacial score (nSPS) is 27.3. The number of nitrogens with zero attached hydrogens (tertiary/aromatic N) is 4. The Morgan fingerprint density at radius 1 is 1.43 bits per heavy atom. The molecule has 128 valence electrons. The van der Waals surface area contributed by atoms with E-state index < -0.39 is 10.0 Å². The van der Waals surface area contributed by atoms with E-state index in [0.717, 1.165) is 26.1 Å². The molecule has 2 saturated heterocycles. The van der Waals surface area contributed by atoms with E-state index in [1.807, 2.05) is 6.08 Å². The van der Waals surface area contributed by atoms with Crippen LogP contribution in [0.4, 0.5) is 0 Å². The average molecular weight is 340 g/mol. The van der Waals surface area contributed by atoms with Crippen LogP contribution >= 0.6 is 0 Å². The van der Waals surface area contributed by atoms with Crippen LogP contribution in [0.25, 0.3) is 0 Å². The summed E-state index contributed by atoms with van der Waals surface area (Å²) >= 11 is 0. The molecule has 1 aromatic rings. The van der Waals surface area contributed by atoms with Crippen LogP contribution in [0.15, 0.2) is 30.2 Å². The lowest BCUT2D eigenvalue weighted by Gasteiger charge is -2.36. The Bertz CT molecular complexity index is 657. The third-order valence-corrected chi connectivity index (χ3v) is 6.31. The Labute approximate surface area is 137 Å². The van der Waals surface area contributed by atoms with E-state index in [2.05, 4.69) is 16.5 Å². The number of rotatable bonds is 4. The highest BCUT2D eigenvalue weighted by atomic mass is 32.2. The number of piperidine rings is 1. The van der Waals surface area contributed by atoms with Crippen LogP contribution in [-0.2, 0) is 21.8 Å². The first kappa shape index (κ1) is 16.6. The predicted molar refractivity (Wildman–Crippen MR) is 86.5 cm³/mol. The maximum Gasteiger partial charge on any atom is 0.262 e. The second-order valence-corrected chi connectivity index (χ2v) is 8.13. The first-order valence-electron chi connectivity index (χ1n) is 7.93. The third kappa shape index (κ3) is 3.50. The van der Waals surface area contributed by atoms with E-state index in [4.69, 9.17) is 4.74 Å². The fourth-order valence-corrected chi connectivity index (χ4v) is 4.74. The van der Waals surface area contributed by atoms with Crippen LogP contribution in [0.2, 0.25) is 0 Å². The highest BCUT2D eigenvalue weighted by Crippen LogP contribution is 2.27. The zero-order valence-corrected chi connectivity index (χ0v) is 14.3. The molecule has 0 amide bonds. The van der Waals surface area contributed by atoms with Crippen molar-refractivity contribution in [1.82, 2.24) is 18.8 Å². The molecule has 3 rings (SSSR count). The summed E-state index contributed by atoms with van der Waals surface area (Å²) in [6, 6.07) is 0. The molecule has 0 radical (unpaired) electrons. The zero-order valence-electron chi connectivity index (χ0n) is 13.5. The number of hydrogen-bond acceptors (Lipinski definition) is 5. The van der Waals surface area contributed by atoms with Crippen molar-refractivity contribution in [1.29, 1.82) is 0 Å². The van der Waals surface area contributed by atoms with Crippen molar-refractivity contribution in [2.75, 3.05) is 39.3 Å². The smallest absolute Gasteiger partial charge is 0.262 e. The van der Waals surface area contributed by atoms with Crippen molar-refractivity contribution >= 4 is 10.0 Å². The first-order chi connectivity index (χ1) is 11.0. The monoisotopic (exact) mass is 340 g/mol. The van der Waals surface area contributed by atoms with Gasteiger partial charge in [-0.05, 0) is 6.42 Å². The van der Waals surface area contributed by atoms with Crippen molar-refractivity contribution in [2.24, 2.45) is 13.0 Å². The molecular formula is C15H24N4O3S. The SMILES string of the molecule is C=CCN1CCO[C@H]2CN(S(=O)(=O)c3cn(C)cn3)CC[C@@H]2C1. The van der Waals surface area contributed by atoms with Gasteiger partial charge in [-0.1, -0.05) is 6.08 Å². The van der Waals surface area contributed by atoms with Crippen molar-refractivity contribution in [2.45, 2.75) is 17.6 Å². The number of ether oxygens (including phenoxy) is 1. The summed E-state index contributed by atoms with van der Waals surface area (Å²) in [4.78, 5) is 6.31. The van der Waals surface area contributed by atoms with Crippen LogP contribution in [0, 0.1) is 5.92 Å². The van der Waals surface area contributed by atoms with E-state index in [1.54, 1.807) is 17.8 Å².